The first-order chi connectivity index (χ1) is 8.86. The van der Waals surface area contributed by atoms with Crippen molar-refractivity contribution >= 4 is 28.6 Å². The molecule has 0 aliphatic heterocycles. The molecule has 0 atom stereocenters. The monoisotopic (exact) mass is 296 g/mol. The van der Waals surface area contributed by atoms with Crippen molar-refractivity contribution in [2.45, 2.75) is 32.8 Å². The quantitative estimate of drug-likeness (QED) is 0.861. The third-order valence-corrected chi connectivity index (χ3v) is 3.76. The third-order valence-electron chi connectivity index (χ3n) is 2.63. The topological polar surface area (TPSA) is 48.1 Å². The zero-order chi connectivity index (χ0) is 14.0. The van der Waals surface area contributed by atoms with Gasteiger partial charge in [0, 0.05) is 22.5 Å². The zero-order valence-electron chi connectivity index (χ0n) is 11.2. The van der Waals surface area contributed by atoms with Crippen LogP contribution in [0.4, 0.5) is 5.69 Å². The Morgan fingerprint density at radius 2 is 2.11 bits per heavy atom. The summed E-state index contributed by atoms with van der Waals surface area (Å²) in [6.45, 7) is 6.83. The van der Waals surface area contributed by atoms with Gasteiger partial charge in [-0.2, -0.15) is 0 Å². The molecule has 0 fully saturated rings. The van der Waals surface area contributed by atoms with E-state index in [1.165, 1.54) is 0 Å². The number of nitrogen functional groups attached to an aromatic ring is 1. The number of hydrogen-bond donors (Lipinski definition) is 1. The highest BCUT2D eigenvalue weighted by atomic mass is 35.5. The Kier molecular flexibility index (Phi) is 4.02. The van der Waals surface area contributed by atoms with E-state index in [2.05, 4.69) is 31.1 Å². The molecular formula is C14H17ClN2OS. The van der Waals surface area contributed by atoms with Gasteiger partial charge in [-0.1, -0.05) is 32.4 Å². The second-order valence-electron chi connectivity index (χ2n) is 5.36. The van der Waals surface area contributed by atoms with Gasteiger partial charge in [-0.3, -0.25) is 0 Å². The lowest BCUT2D eigenvalue weighted by Gasteiger charge is -2.14. The number of rotatable bonds is 3. The maximum Gasteiger partial charge on any atom is 0.140 e. The molecule has 102 valence electrons. The van der Waals surface area contributed by atoms with E-state index in [4.69, 9.17) is 22.1 Å². The molecule has 0 aliphatic carbocycles. The molecule has 3 nitrogen and oxygen atoms in total. The first-order valence-corrected chi connectivity index (χ1v) is 7.25. The van der Waals surface area contributed by atoms with Crippen molar-refractivity contribution in [1.82, 2.24) is 4.98 Å². The molecule has 0 saturated carbocycles. The number of ether oxygens (including phenoxy) is 1. The summed E-state index contributed by atoms with van der Waals surface area (Å²) in [5.74, 6) is 0.592. The Morgan fingerprint density at radius 1 is 1.37 bits per heavy atom. The van der Waals surface area contributed by atoms with Crippen molar-refractivity contribution in [3.05, 3.63) is 39.3 Å². The van der Waals surface area contributed by atoms with Crippen LogP contribution in [0.15, 0.2) is 23.6 Å². The summed E-state index contributed by atoms with van der Waals surface area (Å²) in [5.41, 5.74) is 7.48. The minimum absolute atomic E-state index is 0.0591. The van der Waals surface area contributed by atoms with Gasteiger partial charge in [0.15, 0.2) is 0 Å². The molecule has 0 bridgehead atoms. The molecule has 0 amide bonds. The van der Waals surface area contributed by atoms with Crippen molar-refractivity contribution in [1.29, 1.82) is 0 Å². The largest absolute Gasteiger partial charge is 0.485 e. The third kappa shape index (κ3) is 3.61. The van der Waals surface area contributed by atoms with E-state index in [9.17, 15) is 0 Å². The van der Waals surface area contributed by atoms with Crippen molar-refractivity contribution in [3.8, 4) is 5.75 Å². The highest BCUT2D eigenvalue weighted by Crippen LogP contribution is 2.28. The summed E-state index contributed by atoms with van der Waals surface area (Å²) in [7, 11) is 0. The first-order valence-electron chi connectivity index (χ1n) is 5.99. The number of halogens is 1. The van der Waals surface area contributed by atoms with Crippen LogP contribution >= 0.6 is 22.9 Å². The lowest BCUT2D eigenvalue weighted by Crippen LogP contribution is -2.11. The fraction of sp³-hybridized carbons (Fsp3) is 0.357. The molecule has 0 radical (unpaired) electrons. The second-order valence-corrected chi connectivity index (χ2v) is 6.70. The molecule has 1 heterocycles. The smallest absolute Gasteiger partial charge is 0.140 e. The van der Waals surface area contributed by atoms with Gasteiger partial charge in [-0.25, -0.2) is 4.98 Å². The van der Waals surface area contributed by atoms with Crippen molar-refractivity contribution < 1.29 is 4.74 Å². The summed E-state index contributed by atoms with van der Waals surface area (Å²) in [6, 6.07) is 5.20. The standard InChI is InChI=1S/C14H17ClN2OS/c1-14(2,3)12-8-19-13(17-12)7-18-11-6-9(16)4-5-10(11)15/h4-6,8H,7,16H2,1-3H3. The molecule has 1 aromatic heterocycles. The molecule has 0 unspecified atom stereocenters. The fourth-order valence-electron chi connectivity index (χ4n) is 1.49. The lowest BCUT2D eigenvalue weighted by molar-refractivity contribution is 0.305. The highest BCUT2D eigenvalue weighted by Gasteiger charge is 2.17. The Balaban J connectivity index is 2.06. The molecule has 2 N–H and O–H groups in total. The van der Waals surface area contributed by atoms with E-state index in [1.54, 1.807) is 29.5 Å². The van der Waals surface area contributed by atoms with Crippen molar-refractivity contribution in [2.75, 3.05) is 5.73 Å². The van der Waals surface area contributed by atoms with Crippen LogP contribution in [0, 0.1) is 0 Å². The number of nitrogens with two attached hydrogens (primary N) is 1. The molecule has 0 aliphatic rings. The van der Waals surface area contributed by atoms with Gasteiger partial charge in [-0.15, -0.1) is 11.3 Å². The molecule has 2 aromatic rings. The molecule has 2 rings (SSSR count). The van der Waals surface area contributed by atoms with Gasteiger partial charge >= 0.3 is 0 Å². The van der Waals surface area contributed by atoms with Gasteiger partial charge in [0.05, 0.1) is 10.7 Å². The van der Waals surface area contributed by atoms with Crippen LogP contribution in [0.3, 0.4) is 0 Å². The van der Waals surface area contributed by atoms with E-state index >= 15 is 0 Å². The van der Waals surface area contributed by atoms with Crippen molar-refractivity contribution in [2.24, 2.45) is 0 Å². The Morgan fingerprint density at radius 3 is 2.74 bits per heavy atom. The lowest BCUT2D eigenvalue weighted by atomic mass is 9.93. The number of thiazole rings is 1. The van der Waals surface area contributed by atoms with Crippen LogP contribution in [0.1, 0.15) is 31.5 Å². The van der Waals surface area contributed by atoms with Gasteiger partial charge < -0.3 is 10.5 Å². The first kappa shape index (κ1) is 14.2. The average Bonchev–Trinajstić information content (AvgIpc) is 2.79. The number of benzene rings is 1. The van der Waals surface area contributed by atoms with Crippen LogP contribution in [-0.4, -0.2) is 4.98 Å². The van der Waals surface area contributed by atoms with E-state index < -0.39 is 0 Å². The minimum atomic E-state index is 0.0591. The van der Waals surface area contributed by atoms with Crippen LogP contribution in [0.25, 0.3) is 0 Å². The van der Waals surface area contributed by atoms with Crippen molar-refractivity contribution in [3.63, 3.8) is 0 Å². The Hall–Kier alpha value is -1.26. The maximum atomic E-state index is 6.04. The number of nitrogens with zero attached hydrogens (tertiary/aromatic N) is 1. The number of hydrogen-bond acceptors (Lipinski definition) is 4. The van der Waals surface area contributed by atoms with Gasteiger partial charge in [0.1, 0.15) is 17.4 Å². The number of anilines is 1. The fourth-order valence-corrected chi connectivity index (χ4v) is 2.60. The van der Waals surface area contributed by atoms with Crippen LogP contribution in [-0.2, 0) is 12.0 Å². The predicted octanol–water partition coefficient (Wildman–Crippen LogP) is 4.26. The summed E-state index contributed by atoms with van der Waals surface area (Å²) >= 11 is 7.64. The average molecular weight is 297 g/mol. The molecular weight excluding hydrogens is 280 g/mol. The summed E-state index contributed by atoms with van der Waals surface area (Å²) in [4.78, 5) is 4.57. The summed E-state index contributed by atoms with van der Waals surface area (Å²) in [6.07, 6.45) is 0. The van der Waals surface area contributed by atoms with Gasteiger partial charge in [-0.05, 0) is 12.1 Å². The molecule has 19 heavy (non-hydrogen) atoms. The van der Waals surface area contributed by atoms with E-state index in [0.29, 0.717) is 23.1 Å². The van der Waals surface area contributed by atoms with E-state index in [1.807, 2.05) is 0 Å². The second kappa shape index (κ2) is 5.39. The van der Waals surface area contributed by atoms with E-state index in [-0.39, 0.29) is 5.41 Å². The Bertz CT molecular complexity index is 575. The minimum Gasteiger partial charge on any atom is -0.485 e. The zero-order valence-corrected chi connectivity index (χ0v) is 12.8. The normalized spacial score (nSPS) is 11.6. The Labute approximate surface area is 122 Å². The summed E-state index contributed by atoms with van der Waals surface area (Å²) < 4.78 is 5.67. The van der Waals surface area contributed by atoms with Crippen LogP contribution in [0.2, 0.25) is 5.02 Å². The molecule has 0 saturated heterocycles. The maximum absolute atomic E-state index is 6.04. The molecule has 5 heteroatoms. The van der Waals surface area contributed by atoms with Gasteiger partial charge in [0.25, 0.3) is 0 Å². The van der Waals surface area contributed by atoms with Crippen LogP contribution < -0.4 is 10.5 Å². The number of aromatic nitrogens is 1. The van der Waals surface area contributed by atoms with Gasteiger partial charge in [0.2, 0.25) is 0 Å². The molecule has 0 spiro atoms. The van der Waals surface area contributed by atoms with Crippen LogP contribution in [0.5, 0.6) is 5.75 Å². The van der Waals surface area contributed by atoms with E-state index in [0.717, 1.165) is 10.7 Å². The molecule has 1 aromatic carbocycles. The predicted molar refractivity (Wildman–Crippen MR) is 81.0 cm³/mol. The highest BCUT2D eigenvalue weighted by molar-refractivity contribution is 7.09. The SMILES string of the molecule is CC(C)(C)c1csc(COc2cc(N)ccc2Cl)n1. The summed E-state index contributed by atoms with van der Waals surface area (Å²) in [5, 5.41) is 3.56.